The Hall–Kier alpha value is -2.70. The zero-order valence-corrected chi connectivity index (χ0v) is 14.3. The first-order valence-corrected chi connectivity index (χ1v) is 7.96. The van der Waals surface area contributed by atoms with E-state index < -0.39 is 0 Å². The molecule has 1 aromatic carbocycles. The molecule has 0 radical (unpaired) electrons. The number of carbonyl (C=O) groups is 1. The van der Waals surface area contributed by atoms with Crippen LogP contribution in [-0.4, -0.2) is 37.7 Å². The van der Waals surface area contributed by atoms with Gasteiger partial charge >= 0.3 is 0 Å². The largest absolute Gasteiger partial charge is 0.340 e. The minimum atomic E-state index is -0.299. The first-order valence-electron chi connectivity index (χ1n) is 7.96. The molecule has 0 aliphatic rings. The first-order chi connectivity index (χ1) is 11.5. The van der Waals surface area contributed by atoms with E-state index >= 15 is 0 Å². The zero-order chi connectivity index (χ0) is 17.3. The van der Waals surface area contributed by atoms with Crippen molar-refractivity contribution in [2.45, 2.75) is 39.3 Å². The Morgan fingerprint density at radius 2 is 2.00 bits per heavy atom. The van der Waals surface area contributed by atoms with E-state index in [4.69, 9.17) is 4.63 Å². The van der Waals surface area contributed by atoms with Gasteiger partial charge < -0.3 is 9.47 Å². The van der Waals surface area contributed by atoms with Crippen molar-refractivity contribution in [2.75, 3.05) is 7.05 Å². The Labute approximate surface area is 140 Å². The van der Waals surface area contributed by atoms with Crippen LogP contribution in [0.4, 0.5) is 0 Å². The summed E-state index contributed by atoms with van der Waals surface area (Å²) in [7, 11) is 1.80. The van der Waals surface area contributed by atoms with E-state index in [1.807, 2.05) is 35.9 Å². The number of benzene rings is 1. The average Bonchev–Trinajstić information content (AvgIpc) is 3.21. The minimum Gasteiger partial charge on any atom is -0.340 e. The van der Waals surface area contributed by atoms with Crippen molar-refractivity contribution in [1.82, 2.24) is 24.8 Å². The van der Waals surface area contributed by atoms with Gasteiger partial charge in [-0.1, -0.05) is 19.9 Å². The van der Waals surface area contributed by atoms with Gasteiger partial charge in [0.1, 0.15) is 22.9 Å². The van der Waals surface area contributed by atoms with Gasteiger partial charge in [0.25, 0.3) is 0 Å². The van der Waals surface area contributed by atoms with E-state index in [0.717, 1.165) is 11.4 Å². The second-order valence-corrected chi connectivity index (χ2v) is 6.30. The van der Waals surface area contributed by atoms with Crippen molar-refractivity contribution in [2.24, 2.45) is 0 Å². The van der Waals surface area contributed by atoms with Crippen molar-refractivity contribution < 1.29 is 9.42 Å². The normalized spacial score (nSPS) is 12.7. The predicted octanol–water partition coefficient (Wildman–Crippen LogP) is 2.76. The van der Waals surface area contributed by atoms with Gasteiger partial charge in [-0.05, 0) is 34.9 Å². The summed E-state index contributed by atoms with van der Waals surface area (Å²) in [6.45, 7) is 6.54. The summed E-state index contributed by atoms with van der Waals surface area (Å²) in [5.41, 5.74) is 2.38. The number of hydrogen-bond donors (Lipinski definition) is 0. The van der Waals surface area contributed by atoms with Crippen LogP contribution < -0.4 is 0 Å². The molecule has 2 heterocycles. The predicted molar refractivity (Wildman–Crippen MR) is 89.3 cm³/mol. The summed E-state index contributed by atoms with van der Waals surface area (Å²) >= 11 is 0. The van der Waals surface area contributed by atoms with Crippen LogP contribution in [0.25, 0.3) is 11.0 Å². The SMILES string of the molecule is CC(C)c1nccn1[C@H](C)C(=O)N(C)Cc1ccc2nonc2c1. The lowest BCUT2D eigenvalue weighted by molar-refractivity contribution is -0.133. The summed E-state index contributed by atoms with van der Waals surface area (Å²) in [5, 5.41) is 7.62. The number of fused-ring (bicyclic) bond motifs is 1. The molecule has 0 N–H and O–H groups in total. The minimum absolute atomic E-state index is 0.0354. The van der Waals surface area contributed by atoms with Gasteiger partial charge in [-0.25, -0.2) is 9.61 Å². The number of amides is 1. The molecule has 0 aliphatic carbocycles. The van der Waals surface area contributed by atoms with Crippen molar-refractivity contribution in [3.05, 3.63) is 42.0 Å². The average molecular weight is 327 g/mol. The molecular formula is C17H21N5O2. The van der Waals surface area contributed by atoms with Gasteiger partial charge in [0.2, 0.25) is 5.91 Å². The molecule has 126 valence electrons. The van der Waals surface area contributed by atoms with E-state index in [9.17, 15) is 4.79 Å². The quantitative estimate of drug-likeness (QED) is 0.720. The maximum atomic E-state index is 12.8. The van der Waals surface area contributed by atoms with Gasteiger partial charge in [0, 0.05) is 31.9 Å². The van der Waals surface area contributed by atoms with Crippen LogP contribution in [0.3, 0.4) is 0 Å². The van der Waals surface area contributed by atoms with Gasteiger partial charge in [0.05, 0.1) is 0 Å². The van der Waals surface area contributed by atoms with Crippen LogP contribution in [0.2, 0.25) is 0 Å². The summed E-state index contributed by atoms with van der Waals surface area (Å²) in [5.74, 6) is 1.22. The van der Waals surface area contributed by atoms with Crippen LogP contribution >= 0.6 is 0 Å². The van der Waals surface area contributed by atoms with E-state index in [1.165, 1.54) is 0 Å². The fourth-order valence-electron chi connectivity index (χ4n) is 2.82. The van der Waals surface area contributed by atoms with E-state index in [0.29, 0.717) is 17.6 Å². The van der Waals surface area contributed by atoms with Crippen LogP contribution in [-0.2, 0) is 11.3 Å². The highest BCUT2D eigenvalue weighted by Gasteiger charge is 2.22. The smallest absolute Gasteiger partial charge is 0.245 e. The maximum absolute atomic E-state index is 12.8. The Morgan fingerprint density at radius 1 is 1.25 bits per heavy atom. The molecule has 7 nitrogen and oxygen atoms in total. The number of rotatable bonds is 5. The molecule has 1 amide bonds. The van der Waals surface area contributed by atoms with Crippen LogP contribution in [0.5, 0.6) is 0 Å². The summed E-state index contributed by atoms with van der Waals surface area (Å²) < 4.78 is 6.64. The highest BCUT2D eigenvalue weighted by atomic mass is 16.6. The van der Waals surface area contributed by atoms with Crippen LogP contribution in [0.15, 0.2) is 35.2 Å². The molecule has 0 saturated heterocycles. The Balaban J connectivity index is 1.74. The summed E-state index contributed by atoms with van der Waals surface area (Å²) in [6, 6.07) is 5.36. The van der Waals surface area contributed by atoms with E-state index in [2.05, 4.69) is 29.1 Å². The number of carbonyl (C=O) groups excluding carboxylic acids is 1. The highest BCUT2D eigenvalue weighted by molar-refractivity contribution is 5.80. The Morgan fingerprint density at radius 3 is 2.75 bits per heavy atom. The molecule has 3 aromatic rings. The van der Waals surface area contributed by atoms with Crippen molar-refractivity contribution in [3.63, 3.8) is 0 Å². The third-order valence-electron chi connectivity index (χ3n) is 4.10. The maximum Gasteiger partial charge on any atom is 0.245 e. The fourth-order valence-corrected chi connectivity index (χ4v) is 2.82. The zero-order valence-electron chi connectivity index (χ0n) is 14.3. The lowest BCUT2D eigenvalue weighted by atomic mass is 10.1. The topological polar surface area (TPSA) is 77.0 Å². The van der Waals surface area contributed by atoms with Crippen LogP contribution in [0.1, 0.15) is 44.1 Å². The van der Waals surface area contributed by atoms with E-state index in [-0.39, 0.29) is 17.9 Å². The molecule has 0 unspecified atom stereocenters. The van der Waals surface area contributed by atoms with Crippen LogP contribution in [0, 0.1) is 0 Å². The monoisotopic (exact) mass is 327 g/mol. The third kappa shape index (κ3) is 3.02. The van der Waals surface area contributed by atoms with Gasteiger partial charge in [-0.2, -0.15) is 0 Å². The molecule has 7 heteroatoms. The number of hydrogen-bond acceptors (Lipinski definition) is 5. The van der Waals surface area contributed by atoms with Gasteiger partial charge in [-0.15, -0.1) is 0 Å². The lowest BCUT2D eigenvalue weighted by Gasteiger charge is -2.24. The standard InChI is InChI=1S/C17H21N5O2/c1-11(2)16-18-7-8-22(16)12(3)17(23)21(4)10-13-5-6-14-15(9-13)20-24-19-14/h5-9,11-12H,10H2,1-4H3/t12-/m1/s1. The fraction of sp³-hybridized carbons (Fsp3) is 0.412. The molecule has 1 atom stereocenters. The molecule has 0 saturated carbocycles. The highest BCUT2D eigenvalue weighted by Crippen LogP contribution is 2.20. The summed E-state index contributed by atoms with van der Waals surface area (Å²) in [4.78, 5) is 18.8. The third-order valence-corrected chi connectivity index (χ3v) is 4.10. The Kier molecular flexibility index (Phi) is 4.33. The lowest BCUT2D eigenvalue weighted by Crippen LogP contribution is -2.33. The van der Waals surface area contributed by atoms with Gasteiger partial charge in [-0.3, -0.25) is 4.79 Å². The number of nitrogens with zero attached hydrogens (tertiary/aromatic N) is 5. The second-order valence-electron chi connectivity index (χ2n) is 6.30. The molecule has 0 fully saturated rings. The van der Waals surface area contributed by atoms with Crippen molar-refractivity contribution >= 4 is 16.9 Å². The molecule has 0 aliphatic heterocycles. The number of imidazole rings is 1. The van der Waals surface area contributed by atoms with Crippen molar-refractivity contribution in [1.29, 1.82) is 0 Å². The molecule has 24 heavy (non-hydrogen) atoms. The first kappa shape index (κ1) is 16.2. The second kappa shape index (κ2) is 6.43. The van der Waals surface area contributed by atoms with Crippen molar-refractivity contribution in [3.8, 4) is 0 Å². The molecular weight excluding hydrogens is 306 g/mol. The molecule has 0 spiro atoms. The number of likely N-dealkylation sites (N-methyl/N-ethyl adjacent to an activating group) is 1. The molecule has 0 bridgehead atoms. The number of aromatic nitrogens is 4. The summed E-state index contributed by atoms with van der Waals surface area (Å²) in [6.07, 6.45) is 3.60. The molecule has 3 rings (SSSR count). The van der Waals surface area contributed by atoms with E-state index in [1.54, 1.807) is 18.1 Å². The molecule has 2 aromatic heterocycles. The Bertz CT molecular complexity index is 851. The van der Waals surface area contributed by atoms with Gasteiger partial charge in [0.15, 0.2) is 0 Å².